The molecule has 0 radical (unpaired) electrons. The van der Waals surface area contributed by atoms with Gasteiger partial charge < -0.3 is 24.3 Å². The van der Waals surface area contributed by atoms with Gasteiger partial charge in [-0.3, -0.25) is 19.2 Å². The van der Waals surface area contributed by atoms with Crippen molar-refractivity contribution in [1.82, 2.24) is 0 Å². The number of ether oxygens (including phenoxy) is 1. The predicted octanol–water partition coefficient (Wildman–Crippen LogP) is 31.4. The first-order valence-electron chi connectivity index (χ1n) is 45.1. The lowest BCUT2D eigenvalue weighted by Gasteiger charge is -2.42. The minimum Gasteiger partial charge on any atom is -0.453 e. The highest BCUT2D eigenvalue weighted by atomic mass is 16.5. The minimum absolute atomic E-state index is 0.110. The van der Waals surface area contributed by atoms with E-state index >= 15 is 9.59 Å². The lowest BCUT2D eigenvalue weighted by molar-refractivity contribution is 0.102. The van der Waals surface area contributed by atoms with Gasteiger partial charge in [0.05, 0.1) is 34.1 Å². The largest absolute Gasteiger partial charge is 0.453 e. The number of ketones is 4. The van der Waals surface area contributed by atoms with Crippen LogP contribution in [0.3, 0.4) is 0 Å². The molecule has 636 valence electrons. The molecule has 132 heavy (non-hydrogen) atoms. The maximum atomic E-state index is 15.0. The summed E-state index contributed by atoms with van der Waals surface area (Å²) in [5.41, 5.74) is 34.6. The van der Waals surface area contributed by atoms with Gasteiger partial charge in [-0.2, -0.15) is 0 Å². The van der Waals surface area contributed by atoms with Gasteiger partial charge in [0, 0.05) is 95.9 Å². The highest BCUT2D eigenvalue weighted by Gasteiger charge is 2.40. The Morgan fingerprint density at radius 2 is 0.432 bits per heavy atom. The molecule has 0 unspecified atom stereocenters. The number of aryl methyl sites for hydroxylation is 4. The summed E-state index contributed by atoms with van der Waals surface area (Å²) in [6.45, 7) is 17.2. The fourth-order valence-corrected chi connectivity index (χ4v) is 19.8. The van der Waals surface area contributed by atoms with Gasteiger partial charge in [-0.15, -0.1) is 0 Å². The molecular formula is C123H94N4O5. The maximum absolute atomic E-state index is 15.0. The number of hydrogen-bond acceptors (Lipinski definition) is 9. The number of carbonyl (C=O) groups is 4. The predicted molar refractivity (Wildman–Crippen MR) is 539 cm³/mol. The molecule has 0 bridgehead atoms. The van der Waals surface area contributed by atoms with Crippen LogP contribution in [-0.2, 0) is 17.3 Å². The second-order valence-corrected chi connectivity index (χ2v) is 36.0. The molecule has 0 aliphatic carbocycles. The SMILES string of the molecule is Cc1ccc(C(=O)c2cc(-c3ccc(N4c5ccccc5C(C)(C)c5ccccc54)cc3)c(C(=O)c3ccc(C)cc3)cc2-c2ccc(N3c4ccccc4C(C)(C)c4ccccc43)cc2)cc1.Cc1ccc(C(=O)c2cc(-c3ccc(N4c5ccccc5Oc5ccccc54)cc3)c(C(=O)c3ccc(C)cc3)cc2-c2ccc(N3c4ccccc4Cc4ccccc43)cc2)cc1. The van der Waals surface area contributed by atoms with E-state index in [4.69, 9.17) is 4.74 Å². The van der Waals surface area contributed by atoms with E-state index in [2.05, 4.69) is 290 Å². The standard InChI is InChI=1S/C64H52N2O2.C59H42N2O3/c1-41-23-27-45(28-24-41)61(67)51-39-50(44-33-37-48(38-34-44)66-59-21-13-9-17-55(59)64(5,6)56-18-10-14-22-60(56)66)52(62(68)46-29-25-42(2)26-30-46)40-49(51)43-31-35-47(36-32-43)65-57-19-11-7-15-53(57)63(3,4)54-16-8-12-20-58(54)65;1-38-19-23-42(24-20-38)58(62)50-37-49(41-29-33-47(34-30-41)61-54-15-7-9-17-56(54)64-57-18-10-8-16-55(57)61)51(59(63)43-25-21-39(2)22-26-43)36-48(50)40-27-31-46(32-28-40)60-52-13-5-3-11-44(52)35-45-12-4-6-14-53(45)60/h7-40H,1-6H3;3-34,36-37H,35H2,1-2H3. The number of para-hydroxylation sites is 10. The molecular weight excluding hydrogens is 1610 g/mol. The Bertz CT molecular complexity index is 6960. The fourth-order valence-electron chi connectivity index (χ4n) is 19.8. The van der Waals surface area contributed by atoms with Gasteiger partial charge >= 0.3 is 0 Å². The molecule has 9 nitrogen and oxygen atoms in total. The molecule has 0 saturated carbocycles. The molecule has 0 N–H and O–H groups in total. The summed E-state index contributed by atoms with van der Waals surface area (Å²) in [7, 11) is 0. The third kappa shape index (κ3) is 14.8. The molecule has 4 aliphatic rings. The summed E-state index contributed by atoms with van der Waals surface area (Å²) in [4.78, 5) is 69.0. The van der Waals surface area contributed by atoms with Crippen LogP contribution in [0.5, 0.6) is 11.5 Å². The summed E-state index contributed by atoms with van der Waals surface area (Å²) in [5, 5.41) is 0. The van der Waals surface area contributed by atoms with E-state index in [0.717, 1.165) is 131 Å². The van der Waals surface area contributed by atoms with Crippen molar-refractivity contribution in [1.29, 1.82) is 0 Å². The van der Waals surface area contributed by atoms with Crippen LogP contribution in [0.25, 0.3) is 44.5 Å². The van der Waals surface area contributed by atoms with E-state index in [-0.39, 0.29) is 34.0 Å². The van der Waals surface area contributed by atoms with Crippen LogP contribution >= 0.6 is 0 Å². The molecule has 18 aromatic carbocycles. The van der Waals surface area contributed by atoms with Crippen molar-refractivity contribution < 1.29 is 23.9 Å². The molecule has 18 aromatic rings. The molecule has 0 aromatic heterocycles. The molecule has 0 atom stereocenters. The number of rotatable bonds is 16. The van der Waals surface area contributed by atoms with Crippen molar-refractivity contribution in [2.24, 2.45) is 0 Å². The van der Waals surface area contributed by atoms with Gasteiger partial charge in [0.15, 0.2) is 34.6 Å². The quantitative estimate of drug-likeness (QED) is 0.0878. The normalized spacial score (nSPS) is 13.2. The van der Waals surface area contributed by atoms with Crippen molar-refractivity contribution in [3.8, 4) is 56.0 Å². The lowest BCUT2D eigenvalue weighted by atomic mass is 9.73. The van der Waals surface area contributed by atoms with Gasteiger partial charge in [0.1, 0.15) is 0 Å². The van der Waals surface area contributed by atoms with Gasteiger partial charge in [-0.05, 0) is 239 Å². The van der Waals surface area contributed by atoms with Crippen molar-refractivity contribution in [2.75, 3.05) is 19.6 Å². The van der Waals surface area contributed by atoms with Gasteiger partial charge in [-0.1, -0.05) is 329 Å². The van der Waals surface area contributed by atoms with Crippen LogP contribution in [0, 0.1) is 27.7 Å². The van der Waals surface area contributed by atoms with Crippen LogP contribution in [0.4, 0.5) is 68.2 Å². The molecule has 22 rings (SSSR count). The number of carbonyl (C=O) groups excluding carboxylic acids is 4. The fraction of sp³-hybridized carbons (Fsp3) is 0.0894. The van der Waals surface area contributed by atoms with E-state index < -0.39 is 0 Å². The summed E-state index contributed by atoms with van der Waals surface area (Å²) < 4.78 is 6.29. The number of fused-ring (bicyclic) bond motifs is 8. The van der Waals surface area contributed by atoms with Crippen LogP contribution in [0.1, 0.15) is 147 Å². The van der Waals surface area contributed by atoms with Crippen LogP contribution in [0.2, 0.25) is 0 Å². The zero-order chi connectivity index (χ0) is 90.2. The summed E-state index contributed by atoms with van der Waals surface area (Å²) in [6, 6.07) is 140. The van der Waals surface area contributed by atoms with Crippen LogP contribution in [-0.4, -0.2) is 23.1 Å². The smallest absolute Gasteiger partial charge is 0.193 e. The Kier molecular flexibility index (Phi) is 21.1. The van der Waals surface area contributed by atoms with E-state index in [9.17, 15) is 9.59 Å². The van der Waals surface area contributed by atoms with E-state index in [1.807, 2.05) is 198 Å². The Morgan fingerprint density at radius 3 is 0.689 bits per heavy atom. The van der Waals surface area contributed by atoms with Gasteiger partial charge in [-0.25, -0.2) is 0 Å². The molecule has 0 spiro atoms. The first kappa shape index (κ1) is 82.6. The average Bonchev–Trinajstić information content (AvgIpc) is 0.726. The molecule has 9 heteroatoms. The van der Waals surface area contributed by atoms with E-state index in [1.54, 1.807) is 0 Å². The summed E-state index contributed by atoms with van der Waals surface area (Å²) in [5.74, 6) is 1.08. The Morgan fingerprint density at radius 1 is 0.227 bits per heavy atom. The highest BCUT2D eigenvalue weighted by molar-refractivity contribution is 6.20. The highest BCUT2D eigenvalue weighted by Crippen LogP contribution is 2.56. The molecule has 4 aliphatic heterocycles. The second-order valence-electron chi connectivity index (χ2n) is 36.0. The molecule has 4 heterocycles. The number of nitrogens with zero attached hydrogens (tertiary/aromatic N) is 4. The maximum Gasteiger partial charge on any atom is 0.193 e. The Balaban J connectivity index is 0.000000159. The molecule has 0 fully saturated rings. The zero-order valence-electron chi connectivity index (χ0n) is 74.8. The minimum atomic E-state index is -0.182. The first-order chi connectivity index (χ1) is 64.3. The number of hydrogen-bond donors (Lipinski definition) is 0. The van der Waals surface area contributed by atoms with Gasteiger partial charge in [0.2, 0.25) is 0 Å². The summed E-state index contributed by atoms with van der Waals surface area (Å²) in [6.07, 6.45) is 0.868. The summed E-state index contributed by atoms with van der Waals surface area (Å²) >= 11 is 0. The average molecular weight is 1710 g/mol. The van der Waals surface area contributed by atoms with Gasteiger partial charge in [0.25, 0.3) is 0 Å². The lowest BCUT2D eigenvalue weighted by Crippen LogP contribution is -2.30. The van der Waals surface area contributed by atoms with Crippen molar-refractivity contribution in [2.45, 2.75) is 72.6 Å². The Hall–Kier alpha value is -16.4. The third-order valence-electron chi connectivity index (χ3n) is 26.8. The number of benzene rings is 18. The monoisotopic (exact) mass is 1710 g/mol. The van der Waals surface area contributed by atoms with E-state index in [1.165, 1.54) is 33.4 Å². The van der Waals surface area contributed by atoms with Crippen molar-refractivity contribution in [3.05, 3.63) is 513 Å². The Labute approximate surface area is 771 Å². The third-order valence-corrected chi connectivity index (χ3v) is 26.8. The van der Waals surface area contributed by atoms with Crippen molar-refractivity contribution >= 4 is 91.4 Å². The first-order valence-corrected chi connectivity index (χ1v) is 45.1. The second kappa shape index (κ2) is 33.7. The topological polar surface area (TPSA) is 90.5 Å². The van der Waals surface area contributed by atoms with Crippen LogP contribution < -0.4 is 24.3 Å². The number of anilines is 12. The molecule has 0 saturated heterocycles. The zero-order valence-corrected chi connectivity index (χ0v) is 74.8. The molecule has 0 amide bonds. The van der Waals surface area contributed by atoms with Crippen molar-refractivity contribution in [3.63, 3.8) is 0 Å². The van der Waals surface area contributed by atoms with E-state index in [0.29, 0.717) is 66.8 Å². The van der Waals surface area contributed by atoms with Crippen LogP contribution in [0.15, 0.2) is 413 Å².